The molecule has 1 aliphatic rings. The third-order valence-electron chi connectivity index (χ3n) is 4.10. The zero-order chi connectivity index (χ0) is 13.1. The molecule has 3 rings (SSSR count). The van der Waals surface area contributed by atoms with Crippen molar-refractivity contribution >= 4 is 11.0 Å². The number of rotatable bonds is 4. The van der Waals surface area contributed by atoms with Gasteiger partial charge in [0.15, 0.2) is 0 Å². The predicted octanol–water partition coefficient (Wildman–Crippen LogP) is 1.96. The molecule has 0 aliphatic heterocycles. The van der Waals surface area contributed by atoms with E-state index in [4.69, 9.17) is 5.73 Å². The van der Waals surface area contributed by atoms with Gasteiger partial charge in [0.05, 0.1) is 17.4 Å². The molecule has 0 atom stereocenters. The van der Waals surface area contributed by atoms with E-state index in [1.54, 1.807) is 6.33 Å². The van der Waals surface area contributed by atoms with E-state index < -0.39 is 0 Å². The van der Waals surface area contributed by atoms with E-state index in [2.05, 4.69) is 33.5 Å². The molecule has 1 heterocycles. The lowest BCUT2D eigenvalue weighted by Gasteiger charge is -2.26. The van der Waals surface area contributed by atoms with Crippen LogP contribution in [0, 0.1) is 0 Å². The predicted molar refractivity (Wildman–Crippen MR) is 78.0 cm³/mol. The third-order valence-corrected chi connectivity index (χ3v) is 4.10. The van der Waals surface area contributed by atoms with Crippen LogP contribution < -0.4 is 11.1 Å². The molecular formula is C15H22N4. The number of nitrogens with zero attached hydrogens (tertiary/aromatic N) is 1. The summed E-state index contributed by atoms with van der Waals surface area (Å²) in [6.07, 6.45) is 7.59. The molecule has 0 amide bonds. The highest BCUT2D eigenvalue weighted by Gasteiger charge is 2.17. The number of aromatic amines is 1. The first-order chi connectivity index (χ1) is 9.31. The molecule has 0 spiro atoms. The fourth-order valence-corrected chi connectivity index (χ4v) is 2.88. The molecule has 4 heteroatoms. The van der Waals surface area contributed by atoms with E-state index in [9.17, 15) is 0 Å². The fraction of sp³-hybridized carbons (Fsp3) is 0.533. The fourth-order valence-electron chi connectivity index (χ4n) is 2.88. The monoisotopic (exact) mass is 258 g/mol. The van der Waals surface area contributed by atoms with Crippen LogP contribution in [0.3, 0.4) is 0 Å². The first kappa shape index (κ1) is 12.6. The molecule has 1 saturated carbocycles. The van der Waals surface area contributed by atoms with Crippen molar-refractivity contribution in [3.8, 4) is 0 Å². The molecule has 0 radical (unpaired) electrons. The standard InChI is InChI=1S/C15H22N4/c16-12-2-4-13(5-3-12)17-8-7-11-1-6-14-15(9-11)19-10-18-14/h1,6,9-10,12-13,17H,2-5,7-8,16H2,(H,18,19). The number of fused-ring (bicyclic) bond motifs is 1. The van der Waals surface area contributed by atoms with E-state index in [1.807, 2.05) is 0 Å². The number of imidazole rings is 1. The summed E-state index contributed by atoms with van der Waals surface area (Å²) in [6, 6.07) is 7.54. The van der Waals surface area contributed by atoms with E-state index in [-0.39, 0.29) is 0 Å². The third kappa shape index (κ3) is 3.14. The Balaban J connectivity index is 1.49. The van der Waals surface area contributed by atoms with E-state index >= 15 is 0 Å². The second kappa shape index (κ2) is 5.72. The molecule has 1 fully saturated rings. The Labute approximate surface area is 113 Å². The summed E-state index contributed by atoms with van der Waals surface area (Å²) in [5.41, 5.74) is 9.45. The van der Waals surface area contributed by atoms with Gasteiger partial charge < -0.3 is 16.0 Å². The minimum atomic E-state index is 0.431. The van der Waals surface area contributed by atoms with Gasteiger partial charge in [0.1, 0.15) is 0 Å². The number of aromatic nitrogens is 2. The molecule has 0 saturated heterocycles. The number of benzene rings is 1. The van der Waals surface area contributed by atoms with Gasteiger partial charge in [0, 0.05) is 12.1 Å². The largest absolute Gasteiger partial charge is 0.345 e. The van der Waals surface area contributed by atoms with Crippen molar-refractivity contribution in [2.45, 2.75) is 44.2 Å². The number of hydrogen-bond acceptors (Lipinski definition) is 3. The van der Waals surface area contributed by atoms with Crippen LogP contribution in [0.5, 0.6) is 0 Å². The minimum Gasteiger partial charge on any atom is -0.345 e. The van der Waals surface area contributed by atoms with Gasteiger partial charge in [-0.1, -0.05) is 6.07 Å². The lowest BCUT2D eigenvalue weighted by molar-refractivity contribution is 0.344. The van der Waals surface area contributed by atoms with Crippen LogP contribution in [0.2, 0.25) is 0 Å². The zero-order valence-electron chi connectivity index (χ0n) is 11.2. The van der Waals surface area contributed by atoms with E-state index in [0.717, 1.165) is 36.8 Å². The van der Waals surface area contributed by atoms with Gasteiger partial charge in [-0.3, -0.25) is 0 Å². The van der Waals surface area contributed by atoms with Crippen LogP contribution in [-0.4, -0.2) is 28.6 Å². The molecule has 102 valence electrons. The molecule has 4 nitrogen and oxygen atoms in total. The quantitative estimate of drug-likeness (QED) is 0.785. The van der Waals surface area contributed by atoms with Crippen molar-refractivity contribution < 1.29 is 0 Å². The summed E-state index contributed by atoms with van der Waals surface area (Å²) in [7, 11) is 0. The first-order valence-electron chi connectivity index (χ1n) is 7.22. The Morgan fingerprint density at radius 2 is 2.11 bits per heavy atom. The van der Waals surface area contributed by atoms with Crippen LogP contribution in [0.1, 0.15) is 31.2 Å². The maximum absolute atomic E-state index is 5.92. The summed E-state index contributed by atoms with van der Waals surface area (Å²) in [5, 5.41) is 3.65. The van der Waals surface area contributed by atoms with Gasteiger partial charge >= 0.3 is 0 Å². The van der Waals surface area contributed by atoms with Gasteiger partial charge in [-0.15, -0.1) is 0 Å². The molecule has 4 N–H and O–H groups in total. The highest BCUT2D eigenvalue weighted by Crippen LogP contribution is 2.17. The summed E-state index contributed by atoms with van der Waals surface area (Å²) >= 11 is 0. The molecule has 1 aliphatic carbocycles. The normalized spacial score (nSPS) is 23.8. The van der Waals surface area contributed by atoms with Crippen LogP contribution in [0.15, 0.2) is 24.5 Å². The number of nitrogens with two attached hydrogens (primary N) is 1. The lowest BCUT2D eigenvalue weighted by atomic mass is 9.92. The molecule has 0 bridgehead atoms. The van der Waals surface area contributed by atoms with Gasteiger partial charge in [-0.25, -0.2) is 4.98 Å². The summed E-state index contributed by atoms with van der Waals surface area (Å²) in [4.78, 5) is 7.40. The second-order valence-corrected chi connectivity index (χ2v) is 5.57. The molecule has 1 aromatic heterocycles. The van der Waals surface area contributed by atoms with Crippen LogP contribution in [0.25, 0.3) is 11.0 Å². The first-order valence-corrected chi connectivity index (χ1v) is 7.22. The van der Waals surface area contributed by atoms with Gasteiger partial charge in [0.25, 0.3) is 0 Å². The highest BCUT2D eigenvalue weighted by atomic mass is 14.9. The summed E-state index contributed by atoms with van der Waals surface area (Å²) in [5.74, 6) is 0. The minimum absolute atomic E-state index is 0.431. The van der Waals surface area contributed by atoms with Crippen LogP contribution >= 0.6 is 0 Å². The van der Waals surface area contributed by atoms with Crippen molar-refractivity contribution in [2.75, 3.05) is 6.54 Å². The van der Waals surface area contributed by atoms with Gasteiger partial charge in [0.2, 0.25) is 0 Å². The average molecular weight is 258 g/mol. The smallest absolute Gasteiger partial charge is 0.0931 e. The highest BCUT2D eigenvalue weighted by molar-refractivity contribution is 5.75. The Morgan fingerprint density at radius 3 is 2.95 bits per heavy atom. The Bertz CT molecular complexity index is 526. The SMILES string of the molecule is NC1CCC(NCCc2ccc3nc[nH]c3c2)CC1. The van der Waals surface area contributed by atoms with Crippen molar-refractivity contribution in [1.29, 1.82) is 0 Å². The number of hydrogen-bond donors (Lipinski definition) is 3. The molecular weight excluding hydrogens is 236 g/mol. The van der Waals surface area contributed by atoms with Crippen molar-refractivity contribution in [3.05, 3.63) is 30.1 Å². The zero-order valence-corrected chi connectivity index (χ0v) is 11.2. The van der Waals surface area contributed by atoms with Crippen LogP contribution in [-0.2, 0) is 6.42 Å². The molecule has 0 unspecified atom stereocenters. The van der Waals surface area contributed by atoms with Crippen LogP contribution in [0.4, 0.5) is 0 Å². The topological polar surface area (TPSA) is 66.7 Å². The number of H-pyrrole nitrogens is 1. The lowest BCUT2D eigenvalue weighted by Crippen LogP contribution is -2.38. The second-order valence-electron chi connectivity index (χ2n) is 5.57. The molecule has 19 heavy (non-hydrogen) atoms. The van der Waals surface area contributed by atoms with E-state index in [1.165, 1.54) is 18.4 Å². The van der Waals surface area contributed by atoms with E-state index in [0.29, 0.717) is 12.1 Å². The van der Waals surface area contributed by atoms with Crippen molar-refractivity contribution in [3.63, 3.8) is 0 Å². The van der Waals surface area contributed by atoms with Crippen molar-refractivity contribution in [2.24, 2.45) is 5.73 Å². The maximum Gasteiger partial charge on any atom is 0.0931 e. The summed E-state index contributed by atoms with van der Waals surface area (Å²) < 4.78 is 0. The maximum atomic E-state index is 5.92. The average Bonchev–Trinajstić information content (AvgIpc) is 2.88. The summed E-state index contributed by atoms with van der Waals surface area (Å²) in [6.45, 7) is 1.04. The Hall–Kier alpha value is -1.39. The Morgan fingerprint density at radius 1 is 1.26 bits per heavy atom. The number of nitrogens with one attached hydrogen (secondary N) is 2. The Kier molecular flexibility index (Phi) is 3.80. The van der Waals surface area contributed by atoms with Gasteiger partial charge in [-0.05, 0) is 56.3 Å². The van der Waals surface area contributed by atoms with Crippen molar-refractivity contribution in [1.82, 2.24) is 15.3 Å². The molecule has 2 aromatic rings. The van der Waals surface area contributed by atoms with Gasteiger partial charge in [-0.2, -0.15) is 0 Å². The molecule has 1 aromatic carbocycles.